The third kappa shape index (κ3) is 8.68. The van der Waals surface area contributed by atoms with Gasteiger partial charge in [0.15, 0.2) is 5.78 Å². The van der Waals surface area contributed by atoms with Crippen LogP contribution in [0.25, 0.3) is 0 Å². The number of benzene rings is 2. The topological polar surface area (TPSA) is 93.1 Å². The van der Waals surface area contributed by atoms with E-state index >= 15 is 0 Å². The van der Waals surface area contributed by atoms with Crippen molar-refractivity contribution >= 4 is 11.8 Å². The van der Waals surface area contributed by atoms with Crippen LogP contribution in [0.3, 0.4) is 0 Å². The van der Waals surface area contributed by atoms with Crippen LogP contribution in [-0.4, -0.2) is 35.2 Å². The van der Waals surface area contributed by atoms with Crippen molar-refractivity contribution in [3.63, 3.8) is 0 Å². The summed E-state index contributed by atoms with van der Waals surface area (Å²) < 4.78 is 11.4. The van der Waals surface area contributed by atoms with E-state index in [1.165, 1.54) is 6.92 Å². The molecule has 0 aliphatic carbocycles. The molecule has 6 nitrogen and oxygen atoms in total. The van der Waals surface area contributed by atoms with Gasteiger partial charge in [-0.25, -0.2) is 0 Å². The lowest BCUT2D eigenvalue weighted by molar-refractivity contribution is -0.136. The van der Waals surface area contributed by atoms with E-state index in [1.54, 1.807) is 19.1 Å². The fourth-order valence-electron chi connectivity index (χ4n) is 2.48. The summed E-state index contributed by atoms with van der Waals surface area (Å²) in [5.74, 6) is 0.631. The zero-order valence-electron chi connectivity index (χ0n) is 17.3. The van der Waals surface area contributed by atoms with Crippen molar-refractivity contribution in [2.45, 2.75) is 46.5 Å². The Balaban J connectivity index is 0.000000749. The first-order valence-electron chi connectivity index (χ1n) is 9.78. The molecule has 0 fully saturated rings. The van der Waals surface area contributed by atoms with Crippen LogP contribution in [0.1, 0.15) is 56.0 Å². The minimum absolute atomic E-state index is 0.0439. The molecular weight excluding hydrogens is 372 g/mol. The van der Waals surface area contributed by atoms with Crippen LogP contribution in [0.2, 0.25) is 0 Å². The SMILES string of the molecule is CCC(=O)O.CCCc1c(OCCCOc2ccccc2)ccc(C(C)=O)c1O. The average molecular weight is 402 g/mol. The van der Waals surface area contributed by atoms with Crippen LogP contribution in [0.15, 0.2) is 42.5 Å². The van der Waals surface area contributed by atoms with Gasteiger partial charge in [0, 0.05) is 18.4 Å². The highest BCUT2D eigenvalue weighted by atomic mass is 16.5. The smallest absolute Gasteiger partial charge is 0.303 e. The molecule has 0 aromatic heterocycles. The molecule has 0 amide bonds. The Labute approximate surface area is 172 Å². The normalized spacial score (nSPS) is 9.90. The lowest BCUT2D eigenvalue weighted by Gasteiger charge is -2.14. The van der Waals surface area contributed by atoms with Gasteiger partial charge in [-0.3, -0.25) is 9.59 Å². The fourth-order valence-corrected chi connectivity index (χ4v) is 2.48. The predicted molar refractivity (Wildman–Crippen MR) is 112 cm³/mol. The van der Waals surface area contributed by atoms with Gasteiger partial charge in [-0.2, -0.15) is 0 Å². The molecule has 0 heterocycles. The van der Waals surface area contributed by atoms with E-state index in [-0.39, 0.29) is 18.0 Å². The van der Waals surface area contributed by atoms with Gasteiger partial charge >= 0.3 is 5.97 Å². The Morgan fingerprint density at radius 3 is 2.14 bits per heavy atom. The Morgan fingerprint density at radius 1 is 0.966 bits per heavy atom. The minimum atomic E-state index is -0.745. The number of carbonyl (C=O) groups is 2. The number of phenolic OH excluding ortho intramolecular Hbond substituents is 1. The van der Waals surface area contributed by atoms with Crippen LogP contribution in [-0.2, 0) is 11.2 Å². The number of carboxylic acid groups (broad SMARTS) is 1. The van der Waals surface area contributed by atoms with E-state index in [0.717, 1.165) is 18.6 Å². The van der Waals surface area contributed by atoms with Crippen molar-refractivity contribution in [1.29, 1.82) is 0 Å². The molecule has 6 heteroatoms. The molecule has 0 saturated carbocycles. The molecule has 2 N–H and O–H groups in total. The number of aromatic hydroxyl groups is 1. The highest BCUT2D eigenvalue weighted by molar-refractivity contribution is 5.97. The predicted octanol–water partition coefficient (Wildman–Crippen LogP) is 4.88. The first-order chi connectivity index (χ1) is 13.9. The summed E-state index contributed by atoms with van der Waals surface area (Å²) >= 11 is 0. The van der Waals surface area contributed by atoms with Crippen LogP contribution in [0, 0.1) is 0 Å². The first-order valence-corrected chi connectivity index (χ1v) is 9.78. The number of hydrogen-bond donors (Lipinski definition) is 2. The highest BCUT2D eigenvalue weighted by Crippen LogP contribution is 2.33. The quantitative estimate of drug-likeness (QED) is 0.435. The number of carboxylic acids is 1. The second-order valence-electron chi connectivity index (χ2n) is 6.36. The Kier molecular flexibility index (Phi) is 10.9. The Bertz CT molecular complexity index is 770. The summed E-state index contributed by atoms with van der Waals surface area (Å²) in [6, 6.07) is 13.0. The van der Waals surface area contributed by atoms with Crippen LogP contribution in [0.5, 0.6) is 17.2 Å². The largest absolute Gasteiger partial charge is 0.507 e. The number of phenols is 1. The van der Waals surface area contributed by atoms with E-state index in [0.29, 0.717) is 36.5 Å². The maximum Gasteiger partial charge on any atom is 0.303 e. The van der Waals surface area contributed by atoms with E-state index in [1.807, 2.05) is 37.3 Å². The summed E-state index contributed by atoms with van der Waals surface area (Å²) in [6.07, 6.45) is 2.49. The molecule has 29 heavy (non-hydrogen) atoms. The minimum Gasteiger partial charge on any atom is -0.507 e. The van der Waals surface area contributed by atoms with Crippen molar-refractivity contribution in [2.75, 3.05) is 13.2 Å². The van der Waals surface area contributed by atoms with Crippen molar-refractivity contribution in [3.8, 4) is 17.2 Å². The lowest BCUT2D eigenvalue weighted by atomic mass is 10.0. The standard InChI is InChI=1S/C20H24O4.C3H6O2/c1-3-8-18-19(12-11-17(15(2)21)20(18)22)24-14-7-13-23-16-9-5-4-6-10-16;1-2-3(4)5/h4-6,9-12,22H,3,7-8,13-14H2,1-2H3;2H2,1H3,(H,4,5). The van der Waals surface area contributed by atoms with Crippen LogP contribution in [0.4, 0.5) is 0 Å². The second-order valence-corrected chi connectivity index (χ2v) is 6.36. The lowest BCUT2D eigenvalue weighted by Crippen LogP contribution is -2.07. The summed E-state index contributed by atoms with van der Waals surface area (Å²) in [6.45, 7) is 6.12. The molecule has 2 rings (SSSR count). The van der Waals surface area contributed by atoms with Crippen molar-refractivity contribution < 1.29 is 29.3 Å². The molecule has 0 unspecified atom stereocenters. The highest BCUT2D eigenvalue weighted by Gasteiger charge is 2.15. The fraction of sp³-hybridized carbons (Fsp3) is 0.391. The molecule has 2 aromatic rings. The van der Waals surface area contributed by atoms with E-state index < -0.39 is 5.97 Å². The number of aliphatic carboxylic acids is 1. The van der Waals surface area contributed by atoms with E-state index in [4.69, 9.17) is 14.6 Å². The summed E-state index contributed by atoms with van der Waals surface area (Å²) in [4.78, 5) is 20.9. The maximum absolute atomic E-state index is 11.6. The third-order valence-electron chi connectivity index (χ3n) is 3.98. The van der Waals surface area contributed by atoms with E-state index in [2.05, 4.69) is 0 Å². The number of para-hydroxylation sites is 1. The first kappa shape index (κ1) is 24.0. The number of ether oxygens (including phenoxy) is 2. The molecule has 0 spiro atoms. The van der Waals surface area contributed by atoms with Gasteiger partial charge in [0.1, 0.15) is 17.2 Å². The number of ketones is 1. The maximum atomic E-state index is 11.6. The summed E-state index contributed by atoms with van der Waals surface area (Å²) in [5, 5.41) is 18.0. The molecule has 0 aliphatic rings. The Hall–Kier alpha value is -3.02. The second kappa shape index (κ2) is 13.2. The van der Waals surface area contributed by atoms with Gasteiger partial charge in [-0.1, -0.05) is 38.5 Å². The summed E-state index contributed by atoms with van der Waals surface area (Å²) in [5.41, 5.74) is 1.05. The molecule has 0 bridgehead atoms. The summed E-state index contributed by atoms with van der Waals surface area (Å²) in [7, 11) is 0. The van der Waals surface area contributed by atoms with Gasteiger partial charge in [0.2, 0.25) is 0 Å². The Morgan fingerprint density at radius 2 is 1.59 bits per heavy atom. The number of rotatable bonds is 10. The van der Waals surface area contributed by atoms with E-state index in [9.17, 15) is 14.7 Å². The zero-order valence-corrected chi connectivity index (χ0v) is 17.3. The van der Waals surface area contributed by atoms with Crippen LogP contribution >= 0.6 is 0 Å². The molecule has 0 atom stereocenters. The van der Waals surface area contributed by atoms with Gasteiger partial charge in [-0.05, 0) is 37.6 Å². The van der Waals surface area contributed by atoms with Gasteiger partial charge < -0.3 is 19.7 Å². The molecule has 2 aromatic carbocycles. The van der Waals surface area contributed by atoms with Crippen molar-refractivity contribution in [3.05, 3.63) is 53.6 Å². The van der Waals surface area contributed by atoms with Crippen molar-refractivity contribution in [1.82, 2.24) is 0 Å². The third-order valence-corrected chi connectivity index (χ3v) is 3.98. The van der Waals surface area contributed by atoms with Crippen molar-refractivity contribution in [2.24, 2.45) is 0 Å². The van der Waals surface area contributed by atoms with Crippen LogP contribution < -0.4 is 9.47 Å². The monoisotopic (exact) mass is 402 g/mol. The number of Topliss-reactive ketones (excluding diaryl/α,β-unsaturated/α-hetero) is 1. The van der Waals surface area contributed by atoms with Gasteiger partial charge in [0.05, 0.1) is 18.8 Å². The molecule has 0 radical (unpaired) electrons. The molecule has 0 saturated heterocycles. The number of hydrogen-bond acceptors (Lipinski definition) is 5. The average Bonchev–Trinajstić information content (AvgIpc) is 2.71. The molecular formula is C23H30O6. The molecule has 0 aliphatic heterocycles. The van der Waals surface area contributed by atoms with Gasteiger partial charge in [0.25, 0.3) is 0 Å². The zero-order chi connectivity index (χ0) is 21.6. The molecule has 158 valence electrons. The number of carbonyl (C=O) groups excluding carboxylic acids is 1. The van der Waals surface area contributed by atoms with Gasteiger partial charge in [-0.15, -0.1) is 0 Å².